The lowest BCUT2D eigenvalue weighted by molar-refractivity contribution is 0.102. The highest BCUT2D eigenvalue weighted by Crippen LogP contribution is 2.30. The third-order valence-electron chi connectivity index (χ3n) is 5.14. The molecule has 2 aromatic heterocycles. The highest BCUT2D eigenvalue weighted by molar-refractivity contribution is 7.13. The summed E-state index contributed by atoms with van der Waals surface area (Å²) in [7, 11) is 0. The van der Waals surface area contributed by atoms with Crippen LogP contribution in [0.15, 0.2) is 90.4 Å². The van der Waals surface area contributed by atoms with E-state index in [0.717, 1.165) is 21.7 Å². The zero-order valence-electron chi connectivity index (χ0n) is 17.3. The van der Waals surface area contributed by atoms with Crippen molar-refractivity contribution in [3.63, 3.8) is 0 Å². The Morgan fingerprint density at radius 3 is 2.61 bits per heavy atom. The van der Waals surface area contributed by atoms with Gasteiger partial charge in [0.15, 0.2) is 0 Å². The molecule has 0 aliphatic rings. The van der Waals surface area contributed by atoms with Crippen molar-refractivity contribution in [1.29, 1.82) is 0 Å². The molecule has 0 unspecified atom stereocenters. The minimum Gasteiger partial charge on any atom is -0.508 e. The normalized spacial score (nSPS) is 10.8. The van der Waals surface area contributed by atoms with E-state index >= 15 is 0 Å². The summed E-state index contributed by atoms with van der Waals surface area (Å²) in [6.45, 7) is 0. The molecule has 0 bridgehead atoms. The Balaban J connectivity index is 1.38. The van der Waals surface area contributed by atoms with Crippen molar-refractivity contribution in [2.45, 2.75) is 0 Å². The molecule has 0 radical (unpaired) electrons. The molecular weight excluding hydrogens is 434 g/mol. The minimum atomic E-state index is -0.266. The number of thiophene rings is 1. The Morgan fingerprint density at radius 1 is 0.970 bits per heavy atom. The number of hydrogen-bond acceptors (Lipinski definition) is 6. The second kappa shape index (κ2) is 8.60. The number of nitrogens with two attached hydrogens (primary N) is 1. The number of phenols is 1. The van der Waals surface area contributed by atoms with Crippen molar-refractivity contribution in [2.75, 3.05) is 11.1 Å². The summed E-state index contributed by atoms with van der Waals surface area (Å²) in [5, 5.41) is 22.8. The van der Waals surface area contributed by atoms with Crippen molar-refractivity contribution in [2.24, 2.45) is 0 Å². The Kier molecular flexibility index (Phi) is 5.34. The van der Waals surface area contributed by atoms with Gasteiger partial charge in [-0.25, -0.2) is 4.68 Å². The van der Waals surface area contributed by atoms with E-state index in [0.29, 0.717) is 22.6 Å². The summed E-state index contributed by atoms with van der Waals surface area (Å²) >= 11 is 1.63. The fourth-order valence-corrected chi connectivity index (χ4v) is 4.13. The maximum atomic E-state index is 13.0. The van der Waals surface area contributed by atoms with Gasteiger partial charge in [0.2, 0.25) is 0 Å². The van der Waals surface area contributed by atoms with Crippen molar-refractivity contribution < 1.29 is 9.90 Å². The lowest BCUT2D eigenvalue weighted by atomic mass is 10.1. The topological polar surface area (TPSA) is 106 Å². The first-order valence-corrected chi connectivity index (χ1v) is 11.0. The van der Waals surface area contributed by atoms with Gasteiger partial charge in [0.25, 0.3) is 5.91 Å². The van der Waals surface area contributed by atoms with Gasteiger partial charge < -0.3 is 16.2 Å². The number of rotatable bonds is 5. The van der Waals surface area contributed by atoms with Gasteiger partial charge in [-0.3, -0.25) is 4.79 Å². The third-order valence-corrected chi connectivity index (χ3v) is 6.05. The van der Waals surface area contributed by atoms with Crippen molar-refractivity contribution >= 4 is 28.6 Å². The zero-order chi connectivity index (χ0) is 22.8. The van der Waals surface area contributed by atoms with Crippen LogP contribution in [0.25, 0.3) is 27.4 Å². The lowest BCUT2D eigenvalue weighted by Crippen LogP contribution is -2.13. The van der Waals surface area contributed by atoms with Crippen LogP contribution >= 0.6 is 11.3 Å². The van der Waals surface area contributed by atoms with Crippen LogP contribution in [0.1, 0.15) is 10.4 Å². The highest BCUT2D eigenvalue weighted by atomic mass is 32.1. The van der Waals surface area contributed by atoms with Gasteiger partial charge in [-0.1, -0.05) is 29.5 Å². The summed E-state index contributed by atoms with van der Waals surface area (Å²) < 4.78 is 1.61. The number of carbonyl (C=O) groups is 1. The maximum absolute atomic E-state index is 13.0. The van der Waals surface area contributed by atoms with Crippen molar-refractivity contribution in [3.8, 4) is 33.1 Å². The number of benzene rings is 3. The molecule has 0 spiro atoms. The van der Waals surface area contributed by atoms with Crippen LogP contribution < -0.4 is 11.1 Å². The summed E-state index contributed by atoms with van der Waals surface area (Å²) in [5.41, 5.74) is 10.8. The molecule has 3 aromatic carbocycles. The first-order chi connectivity index (χ1) is 16.1. The molecule has 0 aliphatic carbocycles. The van der Waals surface area contributed by atoms with Gasteiger partial charge in [0, 0.05) is 16.0 Å². The Labute approximate surface area is 193 Å². The molecule has 33 heavy (non-hydrogen) atoms. The maximum Gasteiger partial charge on any atom is 0.255 e. The van der Waals surface area contributed by atoms with Crippen LogP contribution in [0.3, 0.4) is 0 Å². The SMILES string of the molecule is Nc1ccc(-c2cccs2)cc1NC(=O)c1cccc(-c2cn(-c3ccc(O)cc3)nn2)c1. The first-order valence-electron chi connectivity index (χ1n) is 10.1. The number of nitrogens with one attached hydrogen (secondary N) is 1. The monoisotopic (exact) mass is 453 g/mol. The van der Waals surface area contributed by atoms with E-state index in [4.69, 9.17) is 5.73 Å². The number of hydrogen-bond donors (Lipinski definition) is 3. The van der Waals surface area contributed by atoms with Crippen molar-refractivity contribution in [3.05, 3.63) is 96.0 Å². The van der Waals surface area contributed by atoms with Crippen LogP contribution in [-0.4, -0.2) is 26.0 Å². The Morgan fingerprint density at radius 2 is 1.82 bits per heavy atom. The number of nitrogens with zero attached hydrogens (tertiary/aromatic N) is 3. The fourth-order valence-electron chi connectivity index (χ4n) is 3.40. The Hall–Kier alpha value is -4.43. The molecule has 162 valence electrons. The van der Waals surface area contributed by atoms with Gasteiger partial charge in [-0.2, -0.15) is 0 Å². The molecule has 5 rings (SSSR count). The molecule has 4 N–H and O–H groups in total. The predicted molar refractivity (Wildman–Crippen MR) is 131 cm³/mol. The summed E-state index contributed by atoms with van der Waals surface area (Å²) in [4.78, 5) is 14.1. The number of anilines is 2. The van der Waals surface area contributed by atoms with Gasteiger partial charge in [0.05, 0.1) is 23.3 Å². The average molecular weight is 454 g/mol. The standard InChI is InChI=1S/C25H19N5O2S/c26-21-11-6-17(24-5-2-12-33-24)14-22(21)27-25(32)18-4-1-3-16(13-18)23-15-30(29-28-23)19-7-9-20(31)10-8-19/h1-15,31H,26H2,(H,27,32). The number of carbonyl (C=O) groups excluding carboxylic acids is 1. The number of amides is 1. The highest BCUT2D eigenvalue weighted by Gasteiger charge is 2.13. The second-order valence-electron chi connectivity index (χ2n) is 7.38. The molecule has 7 nitrogen and oxygen atoms in total. The van der Waals surface area contributed by atoms with E-state index in [2.05, 4.69) is 15.6 Å². The molecule has 0 saturated carbocycles. The number of aromatic nitrogens is 3. The number of nitrogen functional groups attached to an aromatic ring is 1. The van der Waals surface area contributed by atoms with Crippen LogP contribution in [0, 0.1) is 0 Å². The summed E-state index contributed by atoms with van der Waals surface area (Å²) in [6, 6.07) is 23.4. The Bertz CT molecular complexity index is 1430. The average Bonchev–Trinajstić information content (AvgIpc) is 3.54. The van der Waals surface area contributed by atoms with Gasteiger partial charge in [0.1, 0.15) is 11.4 Å². The zero-order valence-corrected chi connectivity index (χ0v) is 18.2. The van der Waals surface area contributed by atoms with E-state index in [-0.39, 0.29) is 11.7 Å². The number of phenolic OH excluding ortho intramolecular Hbond substituents is 1. The largest absolute Gasteiger partial charge is 0.508 e. The summed E-state index contributed by atoms with van der Waals surface area (Å²) in [6.07, 6.45) is 1.77. The molecule has 8 heteroatoms. The van der Waals surface area contributed by atoms with E-state index in [1.807, 2.05) is 35.7 Å². The molecule has 0 aliphatic heterocycles. The van der Waals surface area contributed by atoms with E-state index in [9.17, 15) is 9.90 Å². The second-order valence-corrected chi connectivity index (χ2v) is 8.33. The van der Waals surface area contributed by atoms with E-state index in [1.54, 1.807) is 70.7 Å². The van der Waals surface area contributed by atoms with Crippen molar-refractivity contribution in [1.82, 2.24) is 15.0 Å². The van der Waals surface area contributed by atoms with Crippen LogP contribution in [-0.2, 0) is 0 Å². The lowest BCUT2D eigenvalue weighted by Gasteiger charge is -2.10. The molecule has 0 atom stereocenters. The smallest absolute Gasteiger partial charge is 0.255 e. The summed E-state index contributed by atoms with van der Waals surface area (Å²) in [5.74, 6) is -0.0860. The van der Waals surface area contributed by atoms with Gasteiger partial charge in [-0.15, -0.1) is 16.4 Å². The van der Waals surface area contributed by atoms with E-state index < -0.39 is 0 Å². The fraction of sp³-hybridized carbons (Fsp3) is 0. The minimum absolute atomic E-state index is 0.180. The molecule has 0 saturated heterocycles. The predicted octanol–water partition coefficient (Wildman–Crippen LogP) is 5.20. The molecule has 0 fully saturated rings. The van der Waals surface area contributed by atoms with Crippen LogP contribution in [0.2, 0.25) is 0 Å². The van der Waals surface area contributed by atoms with Gasteiger partial charge in [-0.05, 0) is 65.5 Å². The molecule has 5 aromatic rings. The first kappa shape index (κ1) is 20.5. The molecule has 1 amide bonds. The van der Waals surface area contributed by atoms with E-state index in [1.165, 1.54) is 0 Å². The van der Waals surface area contributed by atoms with Crippen LogP contribution in [0.4, 0.5) is 11.4 Å². The quantitative estimate of drug-likeness (QED) is 0.317. The molecular formula is C25H19N5O2S. The number of aromatic hydroxyl groups is 1. The van der Waals surface area contributed by atoms with Crippen LogP contribution in [0.5, 0.6) is 5.75 Å². The molecule has 2 heterocycles. The third kappa shape index (κ3) is 4.32. The van der Waals surface area contributed by atoms with Gasteiger partial charge >= 0.3 is 0 Å².